The molecule has 0 saturated carbocycles. The fourth-order valence-corrected chi connectivity index (χ4v) is 3.02. The number of pyridine rings is 1. The number of nitrogens with zero attached hydrogens (tertiary/aromatic N) is 1. The van der Waals surface area contributed by atoms with Crippen LogP contribution in [0, 0.1) is 11.3 Å². The molecule has 2 heterocycles. The Labute approximate surface area is 138 Å². The third-order valence-corrected chi connectivity index (χ3v) is 4.34. The largest absolute Gasteiger partial charge is 0.416 e. The maximum atomic E-state index is 12.9. The van der Waals surface area contributed by atoms with Gasteiger partial charge in [-0.2, -0.15) is 18.4 Å². The van der Waals surface area contributed by atoms with Gasteiger partial charge in [0.15, 0.2) is 0 Å². The highest BCUT2D eigenvalue weighted by Gasteiger charge is 2.30. The number of hydrogen-bond donors (Lipinski definition) is 1. The lowest BCUT2D eigenvalue weighted by Gasteiger charge is -2.10. The summed E-state index contributed by atoms with van der Waals surface area (Å²) >= 11 is 1.38. The number of halogens is 3. The quantitative estimate of drug-likeness (QED) is 0.734. The number of alkyl halides is 3. The van der Waals surface area contributed by atoms with Crippen LogP contribution in [-0.4, -0.2) is 4.98 Å². The van der Waals surface area contributed by atoms with Crippen LogP contribution in [0.2, 0.25) is 0 Å². The normalized spacial score (nSPS) is 11.2. The maximum Gasteiger partial charge on any atom is 0.416 e. The average Bonchev–Trinajstić information content (AvgIpc) is 3.08. The van der Waals surface area contributed by atoms with Crippen molar-refractivity contribution >= 4 is 11.3 Å². The Morgan fingerprint density at radius 2 is 1.92 bits per heavy atom. The zero-order chi connectivity index (χ0) is 17.3. The number of H-pyrrole nitrogens is 1. The first-order valence-corrected chi connectivity index (χ1v) is 7.67. The second-order valence-electron chi connectivity index (χ2n) is 4.97. The van der Waals surface area contributed by atoms with E-state index in [1.54, 1.807) is 18.2 Å². The topological polar surface area (TPSA) is 56.6 Å². The molecular weight excluding hydrogens is 337 g/mol. The molecule has 0 fully saturated rings. The minimum atomic E-state index is -4.50. The molecular formula is C17H9F3N2OS. The van der Waals surface area contributed by atoms with E-state index < -0.39 is 17.3 Å². The molecule has 0 radical (unpaired) electrons. The molecule has 3 nitrogen and oxygen atoms in total. The van der Waals surface area contributed by atoms with Gasteiger partial charge in [0, 0.05) is 5.56 Å². The molecule has 0 atom stereocenters. The zero-order valence-electron chi connectivity index (χ0n) is 12.0. The zero-order valence-corrected chi connectivity index (χ0v) is 12.8. The number of thiophene rings is 1. The first kappa shape index (κ1) is 16.0. The summed E-state index contributed by atoms with van der Waals surface area (Å²) in [6.45, 7) is 0. The molecule has 0 spiro atoms. The summed E-state index contributed by atoms with van der Waals surface area (Å²) in [5.41, 5.74) is -0.866. The second kappa shape index (κ2) is 5.98. The van der Waals surface area contributed by atoms with E-state index in [0.29, 0.717) is 5.69 Å². The number of nitriles is 1. The Bertz CT molecular complexity index is 982. The van der Waals surface area contributed by atoms with Gasteiger partial charge in [0.25, 0.3) is 5.56 Å². The fourth-order valence-electron chi connectivity index (χ4n) is 2.33. The van der Waals surface area contributed by atoms with Crippen molar-refractivity contribution in [3.8, 4) is 27.8 Å². The molecule has 24 heavy (non-hydrogen) atoms. The van der Waals surface area contributed by atoms with Gasteiger partial charge >= 0.3 is 6.18 Å². The van der Waals surface area contributed by atoms with E-state index in [4.69, 9.17) is 0 Å². The summed E-state index contributed by atoms with van der Waals surface area (Å²) in [6.07, 6.45) is -4.50. The van der Waals surface area contributed by atoms with Gasteiger partial charge in [0.2, 0.25) is 0 Å². The molecule has 1 N–H and O–H groups in total. The summed E-state index contributed by atoms with van der Waals surface area (Å²) in [5, 5.41) is 11.0. The molecule has 3 rings (SSSR count). The van der Waals surface area contributed by atoms with Crippen LogP contribution in [0.3, 0.4) is 0 Å². The SMILES string of the molecule is N#Cc1c(-c2cccc(C(F)(F)F)c2)cc(-c2cccs2)[nH]c1=O. The molecule has 0 unspecified atom stereocenters. The summed E-state index contributed by atoms with van der Waals surface area (Å²) in [5.74, 6) is 0. The van der Waals surface area contributed by atoms with Crippen molar-refractivity contribution in [2.75, 3.05) is 0 Å². The van der Waals surface area contributed by atoms with Crippen molar-refractivity contribution in [2.24, 2.45) is 0 Å². The van der Waals surface area contributed by atoms with Crippen molar-refractivity contribution in [3.63, 3.8) is 0 Å². The third-order valence-electron chi connectivity index (χ3n) is 3.43. The monoisotopic (exact) mass is 346 g/mol. The first-order chi connectivity index (χ1) is 11.4. The molecule has 0 amide bonds. The van der Waals surface area contributed by atoms with Crippen LogP contribution in [0.5, 0.6) is 0 Å². The predicted molar refractivity (Wildman–Crippen MR) is 85.5 cm³/mol. The molecule has 0 aliphatic heterocycles. The second-order valence-corrected chi connectivity index (χ2v) is 5.92. The summed E-state index contributed by atoms with van der Waals surface area (Å²) in [7, 11) is 0. The Morgan fingerprint density at radius 3 is 2.54 bits per heavy atom. The van der Waals surface area contributed by atoms with E-state index in [0.717, 1.165) is 17.0 Å². The molecule has 0 aliphatic carbocycles. The van der Waals surface area contributed by atoms with Crippen molar-refractivity contribution in [1.29, 1.82) is 5.26 Å². The number of hydrogen-bond acceptors (Lipinski definition) is 3. The van der Waals surface area contributed by atoms with Crippen molar-refractivity contribution < 1.29 is 13.2 Å². The first-order valence-electron chi connectivity index (χ1n) is 6.79. The van der Waals surface area contributed by atoms with Gasteiger partial charge in [-0.05, 0) is 35.2 Å². The van der Waals surface area contributed by atoms with E-state index in [9.17, 15) is 23.2 Å². The van der Waals surface area contributed by atoms with Crippen LogP contribution in [0.15, 0.2) is 52.6 Å². The molecule has 2 aromatic heterocycles. The highest BCUT2D eigenvalue weighted by atomic mass is 32.1. The molecule has 7 heteroatoms. The van der Waals surface area contributed by atoms with Crippen molar-refractivity contribution in [1.82, 2.24) is 4.98 Å². The van der Waals surface area contributed by atoms with E-state index >= 15 is 0 Å². The van der Waals surface area contributed by atoms with E-state index in [-0.39, 0.29) is 16.7 Å². The minimum Gasteiger partial charge on any atom is -0.320 e. The van der Waals surface area contributed by atoms with Gasteiger partial charge in [-0.25, -0.2) is 0 Å². The molecule has 1 aromatic carbocycles. The van der Waals surface area contributed by atoms with Crippen LogP contribution in [0.1, 0.15) is 11.1 Å². The number of aromatic nitrogens is 1. The molecule has 0 aliphatic rings. The van der Waals surface area contributed by atoms with Gasteiger partial charge in [0.1, 0.15) is 11.6 Å². The summed E-state index contributed by atoms with van der Waals surface area (Å²) in [4.78, 5) is 15.5. The van der Waals surface area contributed by atoms with Gasteiger partial charge in [-0.15, -0.1) is 11.3 Å². The maximum absolute atomic E-state index is 12.9. The lowest BCUT2D eigenvalue weighted by Crippen LogP contribution is -2.12. The summed E-state index contributed by atoms with van der Waals surface area (Å²) in [6, 6.07) is 11.5. The smallest absolute Gasteiger partial charge is 0.320 e. The van der Waals surface area contributed by atoms with Gasteiger partial charge in [0.05, 0.1) is 16.1 Å². The number of aromatic amines is 1. The number of nitrogens with one attached hydrogen (secondary N) is 1. The van der Waals surface area contributed by atoms with Crippen LogP contribution in [0.4, 0.5) is 13.2 Å². The summed E-state index contributed by atoms with van der Waals surface area (Å²) < 4.78 is 38.7. The molecule has 120 valence electrons. The standard InChI is InChI=1S/C17H9F3N2OS/c18-17(19,20)11-4-1-3-10(7-11)12-8-14(15-5-2-6-24-15)22-16(23)13(12)9-21/h1-8H,(H,22,23). The highest BCUT2D eigenvalue weighted by Crippen LogP contribution is 2.34. The van der Waals surface area contributed by atoms with E-state index in [2.05, 4.69) is 4.98 Å². The Morgan fingerprint density at radius 1 is 1.12 bits per heavy atom. The van der Waals surface area contributed by atoms with Gasteiger partial charge in [-0.1, -0.05) is 18.2 Å². The Balaban J connectivity index is 2.24. The van der Waals surface area contributed by atoms with Gasteiger partial charge < -0.3 is 4.98 Å². The van der Waals surface area contributed by atoms with Gasteiger partial charge in [-0.3, -0.25) is 4.79 Å². The Hall–Kier alpha value is -2.85. The van der Waals surface area contributed by atoms with Crippen LogP contribution < -0.4 is 5.56 Å². The highest BCUT2D eigenvalue weighted by molar-refractivity contribution is 7.13. The minimum absolute atomic E-state index is 0.172. The van der Waals surface area contributed by atoms with E-state index in [1.807, 2.05) is 5.38 Å². The molecule has 0 saturated heterocycles. The molecule has 0 bridgehead atoms. The average molecular weight is 346 g/mol. The van der Waals surface area contributed by atoms with Crippen LogP contribution >= 0.6 is 11.3 Å². The number of rotatable bonds is 2. The van der Waals surface area contributed by atoms with Crippen molar-refractivity contribution in [3.05, 3.63) is 69.3 Å². The predicted octanol–water partition coefficient (Wildman–Crippen LogP) is 4.66. The number of benzene rings is 1. The lowest BCUT2D eigenvalue weighted by molar-refractivity contribution is -0.137. The van der Waals surface area contributed by atoms with Crippen LogP contribution in [0.25, 0.3) is 21.7 Å². The Kier molecular flexibility index (Phi) is 3.99. The van der Waals surface area contributed by atoms with Crippen LogP contribution in [-0.2, 0) is 6.18 Å². The fraction of sp³-hybridized carbons (Fsp3) is 0.0588. The molecule has 3 aromatic rings. The third kappa shape index (κ3) is 2.96. The van der Waals surface area contributed by atoms with Crippen molar-refractivity contribution in [2.45, 2.75) is 6.18 Å². The lowest BCUT2D eigenvalue weighted by atomic mass is 9.98. The van der Waals surface area contributed by atoms with E-state index in [1.165, 1.54) is 29.5 Å².